The first-order valence-corrected chi connectivity index (χ1v) is 7.20. The molecule has 0 spiro atoms. The highest BCUT2D eigenvalue weighted by molar-refractivity contribution is 7.14. The van der Waals surface area contributed by atoms with E-state index in [9.17, 15) is 9.59 Å². The number of carboxylic acid groups (broad SMARTS) is 1. The number of carbonyl (C=O) groups is 2. The molecule has 1 aromatic carbocycles. The molecule has 5 nitrogen and oxygen atoms in total. The van der Waals surface area contributed by atoms with Crippen molar-refractivity contribution in [3.05, 3.63) is 46.8 Å². The summed E-state index contributed by atoms with van der Waals surface area (Å²) in [5.41, 5.74) is 1.18. The zero-order chi connectivity index (χ0) is 15.4. The summed E-state index contributed by atoms with van der Waals surface area (Å²) < 4.78 is 5.53. The van der Waals surface area contributed by atoms with E-state index < -0.39 is 12.1 Å². The maximum atomic E-state index is 12.0. The Morgan fingerprint density at radius 2 is 1.90 bits per heavy atom. The van der Waals surface area contributed by atoms with Crippen LogP contribution in [-0.4, -0.2) is 23.1 Å². The fraction of sp³-hybridized carbons (Fsp3) is 0.200. The minimum Gasteiger partial charge on any atom is -0.481 e. The molecule has 0 aliphatic heterocycles. The van der Waals surface area contributed by atoms with Crippen LogP contribution >= 0.6 is 11.3 Å². The van der Waals surface area contributed by atoms with Gasteiger partial charge in [-0.1, -0.05) is 17.7 Å². The van der Waals surface area contributed by atoms with Crippen LogP contribution in [0.1, 0.15) is 22.8 Å². The number of anilines is 1. The Kier molecular flexibility index (Phi) is 4.59. The van der Waals surface area contributed by atoms with Crippen molar-refractivity contribution in [3.63, 3.8) is 0 Å². The van der Waals surface area contributed by atoms with Gasteiger partial charge in [0.1, 0.15) is 10.8 Å². The number of hydrogen-bond donors (Lipinski definition) is 2. The Morgan fingerprint density at radius 1 is 1.24 bits per heavy atom. The smallest absolute Gasteiger partial charge is 0.338 e. The lowest BCUT2D eigenvalue weighted by molar-refractivity contribution is -0.122. The van der Waals surface area contributed by atoms with Gasteiger partial charge in [0.05, 0.1) is 5.56 Å². The number of ether oxygens (including phenoxy) is 1. The van der Waals surface area contributed by atoms with Crippen LogP contribution < -0.4 is 10.1 Å². The Balaban J connectivity index is 2.01. The van der Waals surface area contributed by atoms with Crippen LogP contribution in [0.25, 0.3) is 0 Å². The third-order valence-corrected chi connectivity index (χ3v) is 3.67. The lowest BCUT2D eigenvalue weighted by atomic mass is 10.2. The van der Waals surface area contributed by atoms with Crippen LogP contribution in [0, 0.1) is 6.92 Å². The fourth-order valence-corrected chi connectivity index (χ4v) is 2.44. The first kappa shape index (κ1) is 15.1. The summed E-state index contributed by atoms with van der Waals surface area (Å²) in [6, 6.07) is 8.80. The van der Waals surface area contributed by atoms with Crippen molar-refractivity contribution in [2.45, 2.75) is 20.0 Å². The van der Waals surface area contributed by atoms with E-state index in [1.807, 2.05) is 19.1 Å². The van der Waals surface area contributed by atoms with Gasteiger partial charge in [-0.2, -0.15) is 0 Å². The second-order valence-electron chi connectivity index (χ2n) is 4.53. The highest BCUT2D eigenvalue weighted by Crippen LogP contribution is 2.23. The molecule has 1 unspecified atom stereocenters. The molecule has 1 aromatic heterocycles. The van der Waals surface area contributed by atoms with E-state index in [1.165, 1.54) is 6.07 Å². The molecule has 2 N–H and O–H groups in total. The summed E-state index contributed by atoms with van der Waals surface area (Å²) >= 11 is 1.16. The van der Waals surface area contributed by atoms with Crippen molar-refractivity contribution < 1.29 is 19.4 Å². The normalized spacial score (nSPS) is 11.7. The Morgan fingerprint density at radius 3 is 2.52 bits per heavy atom. The van der Waals surface area contributed by atoms with E-state index in [1.54, 1.807) is 24.4 Å². The fourth-order valence-electron chi connectivity index (χ4n) is 1.66. The maximum absolute atomic E-state index is 12.0. The number of benzene rings is 1. The highest BCUT2D eigenvalue weighted by atomic mass is 32.1. The zero-order valence-corrected chi connectivity index (χ0v) is 12.4. The number of hydrogen-bond acceptors (Lipinski definition) is 4. The van der Waals surface area contributed by atoms with E-state index in [0.29, 0.717) is 10.8 Å². The molecule has 2 aromatic rings. The lowest BCUT2D eigenvalue weighted by Gasteiger charge is -2.14. The zero-order valence-electron chi connectivity index (χ0n) is 11.6. The molecule has 0 aliphatic rings. The summed E-state index contributed by atoms with van der Waals surface area (Å²) in [5.74, 6) is -0.868. The van der Waals surface area contributed by atoms with Crippen LogP contribution in [-0.2, 0) is 4.79 Å². The average molecular weight is 305 g/mol. The van der Waals surface area contributed by atoms with Gasteiger partial charge in [-0.25, -0.2) is 4.79 Å². The van der Waals surface area contributed by atoms with Crippen molar-refractivity contribution in [2.75, 3.05) is 5.32 Å². The number of amides is 1. The summed E-state index contributed by atoms with van der Waals surface area (Å²) in [6.07, 6.45) is -0.726. The molecule has 0 saturated heterocycles. The van der Waals surface area contributed by atoms with E-state index in [4.69, 9.17) is 9.84 Å². The van der Waals surface area contributed by atoms with Crippen LogP contribution in [0.15, 0.2) is 35.7 Å². The Bertz CT molecular complexity index is 648. The molecule has 1 heterocycles. The third kappa shape index (κ3) is 3.82. The van der Waals surface area contributed by atoms with E-state index in [0.717, 1.165) is 16.9 Å². The van der Waals surface area contributed by atoms with Crippen molar-refractivity contribution in [2.24, 2.45) is 0 Å². The molecule has 2 rings (SSSR count). The van der Waals surface area contributed by atoms with Crippen LogP contribution in [0.4, 0.5) is 5.00 Å². The third-order valence-electron chi connectivity index (χ3n) is 2.84. The van der Waals surface area contributed by atoms with Gasteiger partial charge in [0.25, 0.3) is 5.91 Å². The predicted octanol–water partition coefficient (Wildman–Crippen LogP) is 3.16. The number of thiophene rings is 1. The topological polar surface area (TPSA) is 75.6 Å². The molecule has 1 atom stereocenters. The second-order valence-corrected chi connectivity index (χ2v) is 5.45. The number of aromatic carboxylic acids is 1. The number of rotatable bonds is 5. The minimum absolute atomic E-state index is 0.0795. The Hall–Kier alpha value is -2.34. The molecule has 6 heteroatoms. The van der Waals surface area contributed by atoms with Gasteiger partial charge in [0.2, 0.25) is 0 Å². The quantitative estimate of drug-likeness (QED) is 0.889. The summed E-state index contributed by atoms with van der Waals surface area (Å²) in [7, 11) is 0. The van der Waals surface area contributed by atoms with Gasteiger partial charge in [0.15, 0.2) is 6.10 Å². The molecule has 0 bridgehead atoms. The largest absolute Gasteiger partial charge is 0.481 e. The van der Waals surface area contributed by atoms with Gasteiger partial charge in [-0.05, 0) is 37.4 Å². The first-order valence-electron chi connectivity index (χ1n) is 6.32. The van der Waals surface area contributed by atoms with E-state index >= 15 is 0 Å². The van der Waals surface area contributed by atoms with Gasteiger partial charge >= 0.3 is 5.97 Å². The number of carboxylic acids is 1. The monoisotopic (exact) mass is 305 g/mol. The molecule has 0 fully saturated rings. The average Bonchev–Trinajstić information content (AvgIpc) is 2.89. The predicted molar refractivity (Wildman–Crippen MR) is 81.2 cm³/mol. The summed E-state index contributed by atoms with van der Waals surface area (Å²) in [6.45, 7) is 3.58. The van der Waals surface area contributed by atoms with Crippen molar-refractivity contribution >= 4 is 28.2 Å². The number of aryl methyl sites for hydroxylation is 1. The molecule has 21 heavy (non-hydrogen) atoms. The van der Waals surface area contributed by atoms with Gasteiger partial charge in [0, 0.05) is 0 Å². The molecule has 1 amide bonds. The van der Waals surface area contributed by atoms with Gasteiger partial charge < -0.3 is 15.2 Å². The Labute approximate surface area is 126 Å². The maximum Gasteiger partial charge on any atom is 0.338 e. The minimum atomic E-state index is -1.07. The molecule has 0 radical (unpaired) electrons. The molecular weight excluding hydrogens is 290 g/mol. The molecular formula is C15H15NO4S. The molecule has 110 valence electrons. The van der Waals surface area contributed by atoms with Gasteiger partial charge in [-0.15, -0.1) is 11.3 Å². The van der Waals surface area contributed by atoms with Crippen LogP contribution in [0.3, 0.4) is 0 Å². The molecule has 0 saturated carbocycles. The van der Waals surface area contributed by atoms with Crippen LogP contribution in [0.2, 0.25) is 0 Å². The van der Waals surface area contributed by atoms with Crippen molar-refractivity contribution in [1.29, 1.82) is 0 Å². The van der Waals surface area contributed by atoms with Crippen molar-refractivity contribution in [1.82, 2.24) is 0 Å². The standard InChI is InChI=1S/C15H15NO4S/c1-9-3-5-11(6-4-9)20-10(2)13(17)16-14-12(15(18)19)7-8-21-14/h3-8,10H,1-2H3,(H,16,17)(H,18,19). The number of nitrogens with one attached hydrogen (secondary N) is 1. The SMILES string of the molecule is Cc1ccc(OC(C)C(=O)Nc2sccc2C(=O)O)cc1. The number of carbonyl (C=O) groups excluding carboxylic acids is 1. The van der Waals surface area contributed by atoms with Crippen molar-refractivity contribution in [3.8, 4) is 5.75 Å². The molecule has 0 aliphatic carbocycles. The van der Waals surface area contributed by atoms with Crippen LogP contribution in [0.5, 0.6) is 5.75 Å². The summed E-state index contributed by atoms with van der Waals surface area (Å²) in [5, 5.41) is 13.5. The van der Waals surface area contributed by atoms with E-state index in [-0.39, 0.29) is 11.5 Å². The van der Waals surface area contributed by atoms with E-state index in [2.05, 4.69) is 5.32 Å². The second kappa shape index (κ2) is 6.41. The first-order chi connectivity index (χ1) is 9.97. The highest BCUT2D eigenvalue weighted by Gasteiger charge is 2.19. The lowest BCUT2D eigenvalue weighted by Crippen LogP contribution is -2.30. The summed E-state index contributed by atoms with van der Waals surface area (Å²) in [4.78, 5) is 23.0. The van der Waals surface area contributed by atoms with Gasteiger partial charge in [-0.3, -0.25) is 4.79 Å².